The van der Waals surface area contributed by atoms with Crippen LogP contribution in [0.15, 0.2) is 36.5 Å². The first kappa shape index (κ1) is 13.2. The van der Waals surface area contributed by atoms with Crippen molar-refractivity contribution >= 4 is 28.9 Å². The van der Waals surface area contributed by atoms with Crippen LogP contribution in [0.1, 0.15) is 10.4 Å². The van der Waals surface area contributed by atoms with Gasteiger partial charge in [-0.15, -0.1) is 0 Å². The summed E-state index contributed by atoms with van der Waals surface area (Å²) in [5.41, 5.74) is 7.04. The van der Waals surface area contributed by atoms with Crippen molar-refractivity contribution in [1.82, 2.24) is 4.98 Å². The molecule has 6 heteroatoms. The van der Waals surface area contributed by atoms with Crippen LogP contribution in [0.2, 0.25) is 5.15 Å². The third-order valence-corrected chi connectivity index (χ3v) is 2.72. The van der Waals surface area contributed by atoms with Crippen LogP contribution >= 0.6 is 11.6 Å². The first-order valence-electron chi connectivity index (χ1n) is 5.47. The van der Waals surface area contributed by atoms with Gasteiger partial charge in [0, 0.05) is 11.9 Å². The summed E-state index contributed by atoms with van der Waals surface area (Å²) >= 11 is 5.75. The summed E-state index contributed by atoms with van der Waals surface area (Å²) in [6, 6.07) is 8.20. The second-order valence-corrected chi connectivity index (χ2v) is 4.13. The minimum atomic E-state index is -0.335. The normalized spacial score (nSPS) is 10.0. The van der Waals surface area contributed by atoms with E-state index in [-0.39, 0.29) is 5.91 Å². The number of pyridine rings is 1. The molecule has 5 nitrogen and oxygen atoms in total. The topological polar surface area (TPSA) is 77.2 Å². The number of aromatic nitrogens is 1. The number of anilines is 2. The number of ether oxygens (including phenoxy) is 1. The quantitative estimate of drug-likeness (QED) is 0.668. The van der Waals surface area contributed by atoms with Crippen molar-refractivity contribution in [2.75, 3.05) is 18.2 Å². The maximum atomic E-state index is 12.1. The second-order valence-electron chi connectivity index (χ2n) is 3.74. The van der Waals surface area contributed by atoms with E-state index in [1.54, 1.807) is 30.3 Å². The number of nitrogens with two attached hydrogens (primary N) is 1. The van der Waals surface area contributed by atoms with Gasteiger partial charge >= 0.3 is 0 Å². The van der Waals surface area contributed by atoms with E-state index in [2.05, 4.69) is 10.3 Å². The molecule has 0 spiro atoms. The van der Waals surface area contributed by atoms with Gasteiger partial charge in [0.2, 0.25) is 0 Å². The molecule has 1 aromatic heterocycles. The summed E-state index contributed by atoms with van der Waals surface area (Å²) in [5, 5.41) is 2.99. The van der Waals surface area contributed by atoms with Crippen molar-refractivity contribution in [1.29, 1.82) is 0 Å². The van der Waals surface area contributed by atoms with Crippen molar-refractivity contribution in [3.05, 3.63) is 47.2 Å². The van der Waals surface area contributed by atoms with Gasteiger partial charge < -0.3 is 15.8 Å². The molecular weight excluding hydrogens is 266 g/mol. The van der Waals surface area contributed by atoms with Gasteiger partial charge in [0.1, 0.15) is 10.9 Å². The third kappa shape index (κ3) is 2.95. The molecule has 19 heavy (non-hydrogen) atoms. The van der Waals surface area contributed by atoms with E-state index in [1.165, 1.54) is 13.3 Å². The molecule has 0 atom stereocenters. The van der Waals surface area contributed by atoms with Crippen LogP contribution in [0.5, 0.6) is 5.75 Å². The number of rotatable bonds is 3. The second kappa shape index (κ2) is 5.58. The lowest BCUT2D eigenvalue weighted by Gasteiger charge is -2.10. The number of nitrogen functional groups attached to an aromatic ring is 1. The highest BCUT2D eigenvalue weighted by Gasteiger charge is 2.13. The number of para-hydroxylation sites is 1. The van der Waals surface area contributed by atoms with Gasteiger partial charge in [0.25, 0.3) is 5.91 Å². The zero-order chi connectivity index (χ0) is 13.8. The molecule has 0 aliphatic heterocycles. The Labute approximate surface area is 115 Å². The largest absolute Gasteiger partial charge is 0.495 e. The standard InChI is InChI=1S/C13H12ClN3O2/c1-19-10-4-2-3-9(12(10)15)13(18)17-8-5-6-16-11(14)7-8/h2-7H,15H2,1H3,(H,16,17,18). The molecular formula is C13H12ClN3O2. The average molecular weight is 278 g/mol. The Morgan fingerprint density at radius 3 is 2.89 bits per heavy atom. The maximum Gasteiger partial charge on any atom is 0.257 e. The van der Waals surface area contributed by atoms with E-state index in [0.29, 0.717) is 27.8 Å². The number of carbonyl (C=O) groups is 1. The number of benzene rings is 1. The molecule has 0 fully saturated rings. The number of hydrogen-bond acceptors (Lipinski definition) is 4. The van der Waals surface area contributed by atoms with E-state index in [9.17, 15) is 4.79 Å². The summed E-state index contributed by atoms with van der Waals surface area (Å²) in [4.78, 5) is 15.9. The summed E-state index contributed by atoms with van der Waals surface area (Å²) in [5.74, 6) is 0.124. The van der Waals surface area contributed by atoms with E-state index < -0.39 is 0 Å². The van der Waals surface area contributed by atoms with Crippen LogP contribution in [-0.2, 0) is 0 Å². The Balaban J connectivity index is 2.25. The molecule has 0 aliphatic carbocycles. The number of hydrogen-bond donors (Lipinski definition) is 2. The smallest absolute Gasteiger partial charge is 0.257 e. The Kier molecular flexibility index (Phi) is 3.87. The van der Waals surface area contributed by atoms with Crippen LogP contribution in [-0.4, -0.2) is 18.0 Å². The van der Waals surface area contributed by atoms with Gasteiger partial charge in [-0.1, -0.05) is 17.7 Å². The maximum absolute atomic E-state index is 12.1. The lowest BCUT2D eigenvalue weighted by molar-refractivity contribution is 0.102. The monoisotopic (exact) mass is 277 g/mol. The number of carbonyl (C=O) groups excluding carboxylic acids is 1. The molecule has 2 aromatic rings. The molecule has 1 amide bonds. The fourth-order valence-corrected chi connectivity index (χ4v) is 1.77. The van der Waals surface area contributed by atoms with Gasteiger partial charge in [0.05, 0.1) is 18.4 Å². The van der Waals surface area contributed by atoms with Crippen molar-refractivity contribution in [3.63, 3.8) is 0 Å². The lowest BCUT2D eigenvalue weighted by atomic mass is 10.1. The van der Waals surface area contributed by atoms with Crippen LogP contribution in [0, 0.1) is 0 Å². The molecule has 3 N–H and O–H groups in total. The molecule has 98 valence electrons. The SMILES string of the molecule is COc1cccc(C(=O)Nc2ccnc(Cl)c2)c1N. The zero-order valence-corrected chi connectivity index (χ0v) is 10.9. The first-order chi connectivity index (χ1) is 9.11. The number of nitrogens with zero attached hydrogens (tertiary/aromatic N) is 1. The van der Waals surface area contributed by atoms with Crippen molar-refractivity contribution in [2.24, 2.45) is 0 Å². The molecule has 2 rings (SSSR count). The van der Waals surface area contributed by atoms with E-state index in [0.717, 1.165) is 0 Å². The summed E-state index contributed by atoms with van der Waals surface area (Å²) in [7, 11) is 1.50. The molecule has 0 saturated heterocycles. The van der Waals surface area contributed by atoms with E-state index in [4.69, 9.17) is 22.1 Å². The van der Waals surface area contributed by atoms with E-state index >= 15 is 0 Å². The third-order valence-electron chi connectivity index (χ3n) is 2.52. The lowest BCUT2D eigenvalue weighted by Crippen LogP contribution is -2.14. The van der Waals surface area contributed by atoms with Gasteiger partial charge in [0.15, 0.2) is 0 Å². The molecule has 1 aromatic carbocycles. The molecule has 0 bridgehead atoms. The molecule has 0 aliphatic rings. The molecule has 0 saturated carbocycles. The van der Waals surface area contributed by atoms with Crippen LogP contribution in [0.3, 0.4) is 0 Å². The number of nitrogens with one attached hydrogen (secondary N) is 1. The average Bonchev–Trinajstić information content (AvgIpc) is 2.39. The van der Waals surface area contributed by atoms with E-state index in [1.807, 2.05) is 0 Å². The summed E-state index contributed by atoms with van der Waals surface area (Å²) in [6.45, 7) is 0. The van der Waals surface area contributed by atoms with Gasteiger partial charge in [-0.3, -0.25) is 4.79 Å². The zero-order valence-electron chi connectivity index (χ0n) is 10.2. The first-order valence-corrected chi connectivity index (χ1v) is 5.85. The van der Waals surface area contributed by atoms with Crippen molar-refractivity contribution in [3.8, 4) is 5.75 Å². The molecule has 1 heterocycles. The highest BCUT2D eigenvalue weighted by Crippen LogP contribution is 2.25. The summed E-state index contributed by atoms with van der Waals surface area (Å²) in [6.07, 6.45) is 1.51. The highest BCUT2D eigenvalue weighted by atomic mass is 35.5. The fourth-order valence-electron chi connectivity index (χ4n) is 1.60. The summed E-state index contributed by atoms with van der Waals surface area (Å²) < 4.78 is 5.07. The fraction of sp³-hybridized carbons (Fsp3) is 0.0769. The predicted molar refractivity (Wildman–Crippen MR) is 74.6 cm³/mol. The highest BCUT2D eigenvalue weighted by molar-refractivity contribution is 6.29. The van der Waals surface area contributed by atoms with Gasteiger partial charge in [-0.25, -0.2) is 4.98 Å². The number of methoxy groups -OCH3 is 1. The predicted octanol–water partition coefficient (Wildman–Crippen LogP) is 2.58. The minimum absolute atomic E-state index is 0.294. The van der Waals surface area contributed by atoms with Gasteiger partial charge in [-0.05, 0) is 24.3 Å². The Morgan fingerprint density at radius 2 is 2.21 bits per heavy atom. The van der Waals surface area contributed by atoms with Crippen LogP contribution < -0.4 is 15.8 Å². The number of halogens is 1. The minimum Gasteiger partial charge on any atom is -0.495 e. The molecule has 0 unspecified atom stereocenters. The van der Waals surface area contributed by atoms with Crippen LogP contribution in [0.25, 0.3) is 0 Å². The molecule has 0 radical (unpaired) electrons. The van der Waals surface area contributed by atoms with Gasteiger partial charge in [-0.2, -0.15) is 0 Å². The van der Waals surface area contributed by atoms with Crippen molar-refractivity contribution < 1.29 is 9.53 Å². The Morgan fingerprint density at radius 1 is 1.42 bits per heavy atom. The van der Waals surface area contributed by atoms with Crippen molar-refractivity contribution in [2.45, 2.75) is 0 Å². The number of amides is 1. The Hall–Kier alpha value is -2.27. The Bertz CT molecular complexity index is 617. The van der Waals surface area contributed by atoms with Crippen LogP contribution in [0.4, 0.5) is 11.4 Å².